The van der Waals surface area contributed by atoms with Crippen LogP contribution in [0.1, 0.15) is 49.9 Å². The van der Waals surface area contributed by atoms with E-state index in [1.807, 2.05) is 0 Å². The predicted octanol–water partition coefficient (Wildman–Crippen LogP) is 4.81. The lowest BCUT2D eigenvalue weighted by atomic mass is 10.0. The first-order valence-corrected chi connectivity index (χ1v) is 10.4. The van der Waals surface area contributed by atoms with Crippen molar-refractivity contribution in [3.05, 3.63) is 34.4 Å². The van der Waals surface area contributed by atoms with Crippen molar-refractivity contribution in [1.29, 1.82) is 0 Å². The fourth-order valence-electron chi connectivity index (χ4n) is 3.52. The molecular formula is C18H28NS2+. The Bertz CT molecular complexity index is 479. The first kappa shape index (κ1) is 15.8. The lowest BCUT2D eigenvalue weighted by Crippen LogP contribution is -2.42. The van der Waals surface area contributed by atoms with Gasteiger partial charge in [0.15, 0.2) is 0 Å². The van der Waals surface area contributed by atoms with Gasteiger partial charge < -0.3 is 4.48 Å². The van der Waals surface area contributed by atoms with Crippen molar-refractivity contribution < 1.29 is 4.48 Å². The molecule has 2 unspecified atom stereocenters. The topological polar surface area (TPSA) is 0 Å². The van der Waals surface area contributed by atoms with Crippen LogP contribution in [0.15, 0.2) is 12.1 Å². The van der Waals surface area contributed by atoms with Crippen LogP contribution in [-0.4, -0.2) is 28.1 Å². The smallest absolute Gasteiger partial charge is 0.105 e. The Labute approximate surface area is 138 Å². The van der Waals surface area contributed by atoms with Crippen molar-refractivity contribution in [2.24, 2.45) is 0 Å². The number of quaternary nitrogens is 1. The van der Waals surface area contributed by atoms with E-state index in [9.17, 15) is 0 Å². The van der Waals surface area contributed by atoms with Crippen molar-refractivity contribution in [2.75, 3.05) is 13.1 Å². The number of nitrogens with zero attached hydrogens (tertiary/aromatic N) is 1. The average Bonchev–Trinajstić information content (AvgIpc) is 2.86. The number of benzene rings is 1. The molecule has 0 aliphatic carbocycles. The Kier molecular flexibility index (Phi) is 4.63. The summed E-state index contributed by atoms with van der Waals surface area (Å²) in [5.41, 5.74) is 6.48. The molecule has 0 aromatic heterocycles. The molecule has 0 N–H and O–H groups in total. The molecule has 0 saturated heterocycles. The van der Waals surface area contributed by atoms with Crippen LogP contribution in [-0.2, 0) is 24.6 Å². The summed E-state index contributed by atoms with van der Waals surface area (Å²) in [5.74, 6) is 2.40. The molecule has 2 heterocycles. The van der Waals surface area contributed by atoms with Gasteiger partial charge >= 0.3 is 0 Å². The lowest BCUT2D eigenvalue weighted by Gasteiger charge is -2.31. The highest BCUT2D eigenvalue weighted by Gasteiger charge is 2.34. The van der Waals surface area contributed by atoms with E-state index < -0.39 is 0 Å². The number of hydrogen-bond acceptors (Lipinski definition) is 2. The van der Waals surface area contributed by atoms with Gasteiger partial charge in [-0.3, -0.25) is 0 Å². The highest BCUT2D eigenvalue weighted by molar-refractivity contribution is 8.03. The summed E-state index contributed by atoms with van der Waals surface area (Å²) < 4.78 is 1.26. The second-order valence-electron chi connectivity index (χ2n) is 6.71. The van der Waals surface area contributed by atoms with Crippen molar-refractivity contribution in [3.63, 3.8) is 0 Å². The zero-order valence-corrected chi connectivity index (χ0v) is 15.4. The molecular weight excluding hydrogens is 294 g/mol. The summed E-state index contributed by atoms with van der Waals surface area (Å²) in [6.45, 7) is 14.5. The van der Waals surface area contributed by atoms with Crippen molar-refractivity contribution in [2.45, 2.75) is 62.8 Å². The number of hydrogen-bond donors (Lipinski definition) is 0. The summed E-state index contributed by atoms with van der Waals surface area (Å²) in [7, 11) is 0. The van der Waals surface area contributed by atoms with E-state index in [1.165, 1.54) is 42.2 Å². The number of thioether (sulfide) groups is 2. The zero-order valence-electron chi connectivity index (χ0n) is 13.8. The molecule has 3 heteroatoms. The molecule has 0 amide bonds. The molecule has 2 aliphatic heterocycles. The summed E-state index contributed by atoms with van der Waals surface area (Å²) in [4.78, 5) is 0. The standard InChI is InChI=1S/C18H28NS2/c1-5-19(6-2)9-15-7-17-11-20-13(3)14(4)21-12-18(17)8-16(15)10-19/h7-8,13-14H,5-6,9-12H2,1-4H3/q+1. The Morgan fingerprint density at radius 3 is 1.67 bits per heavy atom. The lowest BCUT2D eigenvalue weighted by molar-refractivity contribution is -0.944. The van der Waals surface area contributed by atoms with Crippen LogP contribution in [0, 0.1) is 0 Å². The zero-order chi connectivity index (χ0) is 15.0. The van der Waals surface area contributed by atoms with Crippen LogP contribution in [0.2, 0.25) is 0 Å². The molecule has 3 rings (SSSR count). The van der Waals surface area contributed by atoms with Gasteiger partial charge in [-0.1, -0.05) is 13.8 Å². The van der Waals surface area contributed by atoms with E-state index in [4.69, 9.17) is 0 Å². The molecule has 1 aromatic carbocycles. The molecule has 0 spiro atoms. The molecule has 116 valence electrons. The minimum Gasteiger partial charge on any atom is -0.317 e. The fourth-order valence-corrected chi connectivity index (χ4v) is 5.95. The maximum absolute atomic E-state index is 2.55. The Morgan fingerprint density at radius 2 is 1.29 bits per heavy atom. The monoisotopic (exact) mass is 322 g/mol. The van der Waals surface area contributed by atoms with E-state index in [1.54, 1.807) is 22.3 Å². The normalized spacial score (nSPS) is 27.6. The van der Waals surface area contributed by atoms with Crippen molar-refractivity contribution >= 4 is 23.5 Å². The first-order chi connectivity index (χ1) is 10.1. The third-order valence-electron chi connectivity index (χ3n) is 5.54. The van der Waals surface area contributed by atoms with Gasteiger partial charge in [0, 0.05) is 33.1 Å². The highest BCUT2D eigenvalue weighted by atomic mass is 32.2. The van der Waals surface area contributed by atoms with Gasteiger partial charge in [-0.05, 0) is 37.1 Å². The maximum Gasteiger partial charge on any atom is 0.105 e. The number of rotatable bonds is 2. The molecule has 0 saturated carbocycles. The highest BCUT2D eigenvalue weighted by Crippen LogP contribution is 2.38. The fraction of sp³-hybridized carbons (Fsp3) is 0.667. The molecule has 2 atom stereocenters. The average molecular weight is 323 g/mol. The molecule has 2 aliphatic rings. The molecule has 0 fully saturated rings. The maximum atomic E-state index is 2.55. The van der Waals surface area contributed by atoms with E-state index in [0.29, 0.717) is 0 Å². The number of fused-ring (bicyclic) bond motifs is 2. The van der Waals surface area contributed by atoms with Gasteiger partial charge in [-0.15, -0.1) is 0 Å². The van der Waals surface area contributed by atoms with Crippen LogP contribution < -0.4 is 0 Å². The van der Waals surface area contributed by atoms with E-state index in [-0.39, 0.29) is 0 Å². The molecule has 0 bridgehead atoms. The Balaban J connectivity index is 1.90. The molecule has 1 nitrogen and oxygen atoms in total. The van der Waals surface area contributed by atoms with Gasteiger partial charge in [0.2, 0.25) is 0 Å². The molecule has 0 radical (unpaired) electrons. The van der Waals surface area contributed by atoms with Gasteiger partial charge in [0.25, 0.3) is 0 Å². The van der Waals surface area contributed by atoms with E-state index in [0.717, 1.165) is 10.5 Å². The molecule has 21 heavy (non-hydrogen) atoms. The van der Waals surface area contributed by atoms with Crippen molar-refractivity contribution in [1.82, 2.24) is 0 Å². The summed E-state index contributed by atoms with van der Waals surface area (Å²) in [6.07, 6.45) is 0. The van der Waals surface area contributed by atoms with Crippen LogP contribution in [0.5, 0.6) is 0 Å². The van der Waals surface area contributed by atoms with E-state index in [2.05, 4.69) is 63.4 Å². The minimum atomic E-state index is 0.762. The van der Waals surface area contributed by atoms with Crippen LogP contribution >= 0.6 is 23.5 Å². The van der Waals surface area contributed by atoms with Crippen LogP contribution in [0.3, 0.4) is 0 Å². The third-order valence-corrected chi connectivity index (χ3v) is 8.54. The SMILES string of the molecule is CC[N+]1(CC)Cc2cc3c(cc2C1)CSC(C)C(C)SC3. The van der Waals surface area contributed by atoms with Gasteiger partial charge in [-0.2, -0.15) is 23.5 Å². The van der Waals surface area contributed by atoms with Crippen LogP contribution in [0.4, 0.5) is 0 Å². The third kappa shape index (κ3) is 3.02. The Hall–Kier alpha value is -0.120. The van der Waals surface area contributed by atoms with Crippen molar-refractivity contribution in [3.8, 4) is 0 Å². The second-order valence-corrected chi connectivity index (χ2v) is 9.44. The second kappa shape index (κ2) is 6.17. The van der Waals surface area contributed by atoms with Gasteiger partial charge in [0.05, 0.1) is 13.1 Å². The van der Waals surface area contributed by atoms with Gasteiger partial charge in [-0.25, -0.2) is 0 Å². The van der Waals surface area contributed by atoms with Gasteiger partial charge in [0.1, 0.15) is 13.1 Å². The molecule has 1 aromatic rings. The summed E-state index contributed by atoms with van der Waals surface area (Å²) in [6, 6.07) is 5.10. The summed E-state index contributed by atoms with van der Waals surface area (Å²) in [5, 5.41) is 1.52. The first-order valence-electron chi connectivity index (χ1n) is 8.28. The summed E-state index contributed by atoms with van der Waals surface area (Å²) >= 11 is 4.27. The minimum absolute atomic E-state index is 0.762. The largest absolute Gasteiger partial charge is 0.317 e. The quantitative estimate of drug-likeness (QED) is 0.716. The van der Waals surface area contributed by atoms with Crippen LogP contribution in [0.25, 0.3) is 0 Å². The van der Waals surface area contributed by atoms with E-state index >= 15 is 0 Å². The predicted molar refractivity (Wildman–Crippen MR) is 96.7 cm³/mol. The Morgan fingerprint density at radius 1 is 0.857 bits per heavy atom.